The molecular formula is C30H16Cl2N2O9. The fourth-order valence-electron chi connectivity index (χ4n) is 4.27. The van der Waals surface area contributed by atoms with Gasteiger partial charge in [-0.05, 0) is 60.7 Å². The molecule has 0 spiro atoms. The molecule has 2 amide bonds. The smallest absolute Gasteiger partial charge is 0.343 e. The summed E-state index contributed by atoms with van der Waals surface area (Å²) in [6.07, 6.45) is 0. The van der Waals surface area contributed by atoms with E-state index in [4.69, 9.17) is 32.7 Å². The van der Waals surface area contributed by atoms with Crippen molar-refractivity contribution in [3.05, 3.63) is 133 Å². The minimum absolute atomic E-state index is 0.139. The van der Waals surface area contributed by atoms with Crippen molar-refractivity contribution in [3.63, 3.8) is 0 Å². The van der Waals surface area contributed by atoms with Gasteiger partial charge in [-0.2, -0.15) is 0 Å². The standard InChI is InChI=1S/C30H16Cl2N2O9/c31-21-13-10-17(14-22(21)32)29(38)43-18-11-8-16(9-12-18)25(35)15-42-30(39)19-4-1-2-6-23(19)33-27(36)20-5-3-7-24(34(40)41)26(20)28(33)37/h1-14H,15H2. The van der Waals surface area contributed by atoms with Gasteiger partial charge in [0.25, 0.3) is 17.5 Å². The maximum Gasteiger partial charge on any atom is 0.343 e. The number of nitrogens with zero attached hydrogens (tertiary/aromatic N) is 2. The number of ketones is 1. The first-order chi connectivity index (χ1) is 20.6. The van der Waals surface area contributed by atoms with E-state index in [0.717, 1.165) is 6.07 Å². The number of hydrogen-bond acceptors (Lipinski definition) is 9. The normalized spacial score (nSPS) is 12.1. The van der Waals surface area contributed by atoms with E-state index in [1.807, 2.05) is 0 Å². The van der Waals surface area contributed by atoms with E-state index >= 15 is 0 Å². The largest absolute Gasteiger partial charge is 0.454 e. The summed E-state index contributed by atoms with van der Waals surface area (Å²) in [4.78, 5) is 75.5. The summed E-state index contributed by atoms with van der Waals surface area (Å²) < 4.78 is 10.4. The van der Waals surface area contributed by atoms with Crippen LogP contribution >= 0.6 is 23.2 Å². The lowest BCUT2D eigenvalue weighted by molar-refractivity contribution is -0.385. The van der Waals surface area contributed by atoms with E-state index in [-0.39, 0.29) is 49.3 Å². The van der Waals surface area contributed by atoms with Gasteiger partial charge in [-0.15, -0.1) is 0 Å². The molecule has 214 valence electrons. The Balaban J connectivity index is 1.26. The van der Waals surface area contributed by atoms with Gasteiger partial charge in [-0.1, -0.05) is 41.4 Å². The van der Waals surface area contributed by atoms with Crippen molar-refractivity contribution < 1.29 is 38.4 Å². The number of fused-ring (bicyclic) bond motifs is 1. The van der Waals surface area contributed by atoms with Crippen LogP contribution in [0.3, 0.4) is 0 Å². The molecule has 1 heterocycles. The summed E-state index contributed by atoms with van der Waals surface area (Å²) in [7, 11) is 0. The number of carbonyl (C=O) groups excluding carboxylic acids is 5. The van der Waals surface area contributed by atoms with E-state index in [1.165, 1.54) is 78.9 Å². The van der Waals surface area contributed by atoms with Gasteiger partial charge in [0.1, 0.15) is 11.3 Å². The van der Waals surface area contributed by atoms with E-state index in [2.05, 4.69) is 0 Å². The predicted octanol–water partition coefficient (Wildman–Crippen LogP) is 5.96. The van der Waals surface area contributed by atoms with Gasteiger partial charge in [0.05, 0.1) is 37.3 Å². The zero-order valence-corrected chi connectivity index (χ0v) is 23.1. The third-order valence-electron chi connectivity index (χ3n) is 6.33. The number of para-hydroxylation sites is 1. The molecule has 0 fully saturated rings. The molecular weight excluding hydrogens is 603 g/mol. The first kappa shape index (κ1) is 29.1. The number of benzene rings is 4. The third kappa shape index (κ3) is 5.71. The van der Waals surface area contributed by atoms with Crippen molar-refractivity contribution in [3.8, 4) is 5.75 Å². The Morgan fingerprint density at radius 1 is 0.791 bits per heavy atom. The highest BCUT2D eigenvalue weighted by Gasteiger charge is 2.43. The maximum absolute atomic E-state index is 13.1. The summed E-state index contributed by atoms with van der Waals surface area (Å²) in [6, 6.07) is 18.9. The van der Waals surface area contributed by atoms with Crippen LogP contribution in [0.2, 0.25) is 10.0 Å². The third-order valence-corrected chi connectivity index (χ3v) is 7.07. The molecule has 0 unspecified atom stereocenters. The van der Waals surface area contributed by atoms with Crippen LogP contribution in [-0.2, 0) is 4.74 Å². The Labute approximate surface area is 252 Å². The van der Waals surface area contributed by atoms with Gasteiger partial charge in [0.15, 0.2) is 12.4 Å². The molecule has 0 atom stereocenters. The first-order valence-electron chi connectivity index (χ1n) is 12.3. The van der Waals surface area contributed by atoms with Crippen molar-refractivity contribution in [1.82, 2.24) is 0 Å². The number of imide groups is 1. The first-order valence-corrected chi connectivity index (χ1v) is 13.0. The lowest BCUT2D eigenvalue weighted by Crippen LogP contribution is -2.31. The maximum atomic E-state index is 13.1. The van der Waals surface area contributed by atoms with Gasteiger partial charge >= 0.3 is 11.9 Å². The minimum atomic E-state index is -1.01. The summed E-state index contributed by atoms with van der Waals surface area (Å²) in [6.45, 7) is -0.691. The second-order valence-corrected chi connectivity index (χ2v) is 9.78. The van der Waals surface area contributed by atoms with Crippen LogP contribution in [-0.4, -0.2) is 41.1 Å². The number of Topliss-reactive ketones (excluding diaryl/α,β-unsaturated/α-hetero) is 1. The molecule has 0 saturated carbocycles. The Kier molecular flexibility index (Phi) is 8.02. The Hall–Kier alpha value is -5.39. The number of esters is 2. The molecule has 1 aliphatic heterocycles. The Morgan fingerprint density at radius 2 is 1.49 bits per heavy atom. The van der Waals surface area contributed by atoms with Crippen LogP contribution in [0.1, 0.15) is 51.8 Å². The number of nitro benzene ring substituents is 1. The molecule has 4 aromatic carbocycles. The molecule has 0 radical (unpaired) electrons. The number of nitro groups is 1. The highest BCUT2D eigenvalue weighted by Crippen LogP contribution is 2.35. The summed E-state index contributed by atoms with van der Waals surface area (Å²) in [5.74, 6) is -3.98. The van der Waals surface area contributed by atoms with Crippen molar-refractivity contribution in [2.75, 3.05) is 11.5 Å². The monoisotopic (exact) mass is 618 g/mol. The predicted molar refractivity (Wildman–Crippen MR) is 153 cm³/mol. The number of anilines is 1. The highest BCUT2D eigenvalue weighted by atomic mass is 35.5. The number of rotatable bonds is 8. The highest BCUT2D eigenvalue weighted by molar-refractivity contribution is 6.42. The molecule has 4 aromatic rings. The number of halogens is 2. The van der Waals surface area contributed by atoms with Crippen LogP contribution in [0.15, 0.2) is 84.9 Å². The second kappa shape index (κ2) is 11.8. The quantitative estimate of drug-likeness (QED) is 0.0581. The zero-order valence-electron chi connectivity index (χ0n) is 21.6. The molecule has 0 aliphatic carbocycles. The Morgan fingerprint density at radius 3 is 2.19 bits per heavy atom. The average molecular weight is 619 g/mol. The van der Waals surface area contributed by atoms with Gasteiger partial charge in [0, 0.05) is 11.6 Å². The topological polar surface area (TPSA) is 150 Å². The molecule has 0 aromatic heterocycles. The van der Waals surface area contributed by atoms with Gasteiger partial charge in [-0.25, -0.2) is 14.5 Å². The van der Waals surface area contributed by atoms with Crippen LogP contribution in [0.5, 0.6) is 5.75 Å². The van der Waals surface area contributed by atoms with Crippen LogP contribution in [0.25, 0.3) is 0 Å². The fourth-order valence-corrected chi connectivity index (χ4v) is 4.57. The van der Waals surface area contributed by atoms with Crippen molar-refractivity contribution in [1.29, 1.82) is 0 Å². The number of carbonyl (C=O) groups is 5. The average Bonchev–Trinajstić information content (AvgIpc) is 3.26. The van der Waals surface area contributed by atoms with Crippen molar-refractivity contribution in [2.24, 2.45) is 0 Å². The van der Waals surface area contributed by atoms with Gasteiger partial charge < -0.3 is 9.47 Å². The molecule has 0 saturated heterocycles. The van der Waals surface area contributed by atoms with Crippen LogP contribution < -0.4 is 9.64 Å². The Bertz CT molecular complexity index is 1860. The summed E-state index contributed by atoms with van der Waals surface area (Å²) in [5, 5.41) is 11.9. The SMILES string of the molecule is O=C(COC(=O)c1ccccc1N1C(=O)c2cccc([N+](=O)[O-])c2C1=O)c1ccc(OC(=O)c2ccc(Cl)c(Cl)c2)cc1. The van der Waals surface area contributed by atoms with Crippen molar-refractivity contribution >= 4 is 64.1 Å². The summed E-state index contributed by atoms with van der Waals surface area (Å²) in [5.41, 5.74) is -1.17. The van der Waals surface area contributed by atoms with E-state index in [0.29, 0.717) is 4.90 Å². The van der Waals surface area contributed by atoms with Crippen molar-refractivity contribution in [2.45, 2.75) is 0 Å². The van der Waals surface area contributed by atoms with Crippen LogP contribution in [0, 0.1) is 10.1 Å². The van der Waals surface area contributed by atoms with E-state index in [9.17, 15) is 34.1 Å². The lowest BCUT2D eigenvalue weighted by atomic mass is 10.1. The van der Waals surface area contributed by atoms with Crippen LogP contribution in [0.4, 0.5) is 11.4 Å². The summed E-state index contributed by atoms with van der Waals surface area (Å²) >= 11 is 11.8. The number of ether oxygens (including phenoxy) is 2. The molecule has 13 heteroatoms. The molecule has 11 nitrogen and oxygen atoms in total. The minimum Gasteiger partial charge on any atom is -0.454 e. The number of amides is 2. The van der Waals surface area contributed by atoms with E-state index < -0.39 is 46.8 Å². The van der Waals surface area contributed by atoms with Gasteiger partial charge in [0.2, 0.25) is 0 Å². The molecule has 5 rings (SSSR count). The molecule has 1 aliphatic rings. The molecule has 0 bridgehead atoms. The number of hydrogen-bond donors (Lipinski definition) is 0. The van der Waals surface area contributed by atoms with Gasteiger partial charge in [-0.3, -0.25) is 24.5 Å². The second-order valence-electron chi connectivity index (χ2n) is 8.96. The zero-order chi connectivity index (χ0) is 30.8. The van der Waals surface area contributed by atoms with E-state index in [1.54, 1.807) is 0 Å². The molecule has 0 N–H and O–H groups in total. The lowest BCUT2D eigenvalue weighted by Gasteiger charge is -2.17. The molecule has 43 heavy (non-hydrogen) atoms. The fraction of sp³-hybridized carbons (Fsp3) is 0.0333.